The molecule has 4 rings (SSSR count). The number of aliphatic hydroxyl groups is 3. The van der Waals surface area contributed by atoms with Crippen molar-refractivity contribution in [3.05, 3.63) is 48.1 Å². The van der Waals surface area contributed by atoms with Gasteiger partial charge in [-0.2, -0.15) is 0 Å². The lowest BCUT2D eigenvalue weighted by Gasteiger charge is -2.38. The summed E-state index contributed by atoms with van der Waals surface area (Å²) in [6.07, 6.45) is 8.86. The number of aliphatic hydroxyl groups excluding tert-OH is 2. The van der Waals surface area contributed by atoms with Gasteiger partial charge in [0.2, 0.25) is 0 Å². The number of allylic oxidation sites excluding steroid dienone is 2. The van der Waals surface area contributed by atoms with Crippen LogP contribution in [0, 0.1) is 11.8 Å². The Bertz CT molecular complexity index is 1490. The van der Waals surface area contributed by atoms with E-state index in [9.17, 15) is 34.5 Å². The first-order valence-electron chi connectivity index (χ1n) is 20.3. The molecule has 10 atom stereocenters. The molecule has 57 heavy (non-hydrogen) atoms. The summed E-state index contributed by atoms with van der Waals surface area (Å²) in [5.41, 5.74) is -1.48. The molecule has 0 aromatic rings. The lowest BCUT2D eigenvalue weighted by atomic mass is 9.88. The van der Waals surface area contributed by atoms with Gasteiger partial charge in [0, 0.05) is 70.2 Å². The summed E-state index contributed by atoms with van der Waals surface area (Å²) in [5, 5.41) is 32.1. The molecule has 0 saturated carbocycles. The Labute approximate surface area is 337 Å². The second-order valence-corrected chi connectivity index (χ2v) is 16.3. The van der Waals surface area contributed by atoms with Gasteiger partial charge in [-0.25, -0.2) is 4.79 Å². The third kappa shape index (κ3) is 13.6. The summed E-state index contributed by atoms with van der Waals surface area (Å²) in [7, 11) is 1.53. The van der Waals surface area contributed by atoms with Crippen LogP contribution in [0.15, 0.2) is 48.1 Å². The number of piperazine rings is 1. The second-order valence-electron chi connectivity index (χ2n) is 16.3. The number of ether oxygens (including phenoxy) is 5. The molecule has 0 aliphatic carbocycles. The Balaban J connectivity index is 1.36. The van der Waals surface area contributed by atoms with Crippen LogP contribution in [-0.4, -0.2) is 161 Å². The van der Waals surface area contributed by atoms with Gasteiger partial charge in [0.1, 0.15) is 11.7 Å². The van der Waals surface area contributed by atoms with E-state index >= 15 is 0 Å². The van der Waals surface area contributed by atoms with Crippen LogP contribution in [0.4, 0.5) is 4.79 Å². The van der Waals surface area contributed by atoms with Gasteiger partial charge in [0.05, 0.1) is 56.2 Å². The van der Waals surface area contributed by atoms with Gasteiger partial charge in [-0.3, -0.25) is 24.2 Å². The molecular formula is C42H65N3O12. The number of amides is 3. The van der Waals surface area contributed by atoms with E-state index in [-0.39, 0.29) is 61.9 Å². The Kier molecular flexibility index (Phi) is 17.0. The molecule has 4 aliphatic heterocycles. The lowest BCUT2D eigenvalue weighted by molar-refractivity contribution is -0.151. The highest BCUT2D eigenvalue weighted by Gasteiger charge is 2.47. The molecule has 4 aliphatic rings. The quantitative estimate of drug-likeness (QED) is 0.0517. The minimum atomic E-state index is -1.17. The summed E-state index contributed by atoms with van der Waals surface area (Å²) >= 11 is 0. The van der Waals surface area contributed by atoms with Gasteiger partial charge in [-0.15, -0.1) is 0 Å². The van der Waals surface area contributed by atoms with E-state index in [0.717, 1.165) is 4.90 Å². The highest BCUT2D eigenvalue weighted by Crippen LogP contribution is 2.38. The SMILES string of the molecule is CC[C@H](O)[C@@H](C)[C@H]1O[C@@H]1C[C@@](C)(O)/C=C/C=C(\C)[C@H]1OC(=O)C[C@H](O)CC[C@@](C)(OC)[C@@H](OC(=O)N2CCN(CCOCCN3C(=O)C=CC3=O)CC2)/C=C/[C@@H]1C. The van der Waals surface area contributed by atoms with Gasteiger partial charge in [-0.05, 0) is 51.7 Å². The number of carbonyl (C=O) groups is 4. The fourth-order valence-corrected chi connectivity index (χ4v) is 7.45. The number of cyclic esters (lactones) is 1. The number of carbonyl (C=O) groups excluding carboxylic acids is 4. The van der Waals surface area contributed by atoms with E-state index in [0.29, 0.717) is 64.2 Å². The molecule has 0 spiro atoms. The van der Waals surface area contributed by atoms with Crippen molar-refractivity contribution >= 4 is 23.9 Å². The normalized spacial score (nSPS) is 32.0. The fraction of sp³-hybridized carbons (Fsp3) is 0.714. The predicted octanol–water partition coefficient (Wildman–Crippen LogP) is 2.92. The Morgan fingerprint density at radius 1 is 1.11 bits per heavy atom. The van der Waals surface area contributed by atoms with Crippen LogP contribution in [0.25, 0.3) is 0 Å². The van der Waals surface area contributed by atoms with Crippen molar-refractivity contribution in [1.29, 1.82) is 0 Å². The van der Waals surface area contributed by atoms with E-state index in [2.05, 4.69) is 4.90 Å². The summed E-state index contributed by atoms with van der Waals surface area (Å²) in [6.45, 7) is 14.7. The van der Waals surface area contributed by atoms with E-state index < -0.39 is 47.7 Å². The minimum absolute atomic E-state index is 0.0243. The molecule has 320 valence electrons. The van der Waals surface area contributed by atoms with Crippen molar-refractivity contribution in [2.75, 3.05) is 59.6 Å². The third-order valence-electron chi connectivity index (χ3n) is 11.6. The van der Waals surface area contributed by atoms with Crippen LogP contribution >= 0.6 is 0 Å². The van der Waals surface area contributed by atoms with Gasteiger partial charge in [0.15, 0.2) is 6.10 Å². The third-order valence-corrected chi connectivity index (χ3v) is 11.6. The minimum Gasteiger partial charge on any atom is -0.457 e. The predicted molar refractivity (Wildman–Crippen MR) is 211 cm³/mol. The van der Waals surface area contributed by atoms with Crippen molar-refractivity contribution in [3.8, 4) is 0 Å². The molecule has 0 radical (unpaired) electrons. The highest BCUT2D eigenvalue weighted by molar-refractivity contribution is 6.12. The van der Waals surface area contributed by atoms with Crippen LogP contribution in [0.1, 0.15) is 73.6 Å². The van der Waals surface area contributed by atoms with Crippen molar-refractivity contribution in [3.63, 3.8) is 0 Å². The number of epoxide rings is 1. The molecular weight excluding hydrogens is 738 g/mol. The Morgan fingerprint density at radius 2 is 1.77 bits per heavy atom. The molecule has 0 aromatic heterocycles. The van der Waals surface area contributed by atoms with E-state index in [1.807, 2.05) is 40.7 Å². The van der Waals surface area contributed by atoms with Crippen LogP contribution in [0.3, 0.4) is 0 Å². The van der Waals surface area contributed by atoms with Gasteiger partial charge < -0.3 is 43.9 Å². The largest absolute Gasteiger partial charge is 0.457 e. The molecule has 2 fully saturated rings. The van der Waals surface area contributed by atoms with E-state index in [1.54, 1.807) is 36.1 Å². The standard InChI is InChI=1S/C42H65N3O12/c1-8-32(47)30(4)39-33(55-39)27-41(5,52)16-9-10-28(2)38-29(3)11-12-34(42(6,53-7)17-15-31(46)26-37(50)57-38)56-40(51)44-20-18-43(19-21-44)22-24-54-25-23-45-35(48)13-14-36(45)49/h9-14,16,29-34,38-39,46-47,52H,8,15,17-27H2,1-7H3/b12-11+,16-9+,28-10+/t29-,30+,31+,32-,33+,34-,38+,39+,41-,42+/m0/s1. The molecule has 15 nitrogen and oxygen atoms in total. The molecule has 4 heterocycles. The van der Waals surface area contributed by atoms with Crippen molar-refractivity contribution in [2.45, 2.75) is 121 Å². The number of esters is 1. The number of methoxy groups -OCH3 is 1. The van der Waals surface area contributed by atoms with Gasteiger partial charge in [-0.1, -0.05) is 45.1 Å². The molecule has 3 amide bonds. The van der Waals surface area contributed by atoms with Gasteiger partial charge >= 0.3 is 12.1 Å². The van der Waals surface area contributed by atoms with Gasteiger partial charge in [0.25, 0.3) is 11.8 Å². The maximum Gasteiger partial charge on any atom is 0.410 e. The molecule has 15 heteroatoms. The summed E-state index contributed by atoms with van der Waals surface area (Å²) in [6, 6.07) is 0. The van der Waals surface area contributed by atoms with Crippen molar-refractivity contribution in [1.82, 2.24) is 14.7 Å². The van der Waals surface area contributed by atoms with E-state index in [4.69, 9.17) is 23.7 Å². The number of hydrogen-bond acceptors (Lipinski definition) is 13. The first-order chi connectivity index (χ1) is 27.0. The van der Waals surface area contributed by atoms with E-state index in [1.165, 1.54) is 19.3 Å². The zero-order valence-corrected chi connectivity index (χ0v) is 34.7. The molecule has 0 unspecified atom stereocenters. The second kappa shape index (κ2) is 21.0. The molecule has 2 saturated heterocycles. The Hall–Kier alpha value is -3.44. The average molecular weight is 804 g/mol. The molecule has 3 N–H and O–H groups in total. The number of imide groups is 1. The van der Waals surface area contributed by atoms with Crippen LogP contribution in [-0.2, 0) is 38.1 Å². The topological polar surface area (TPSA) is 188 Å². The highest BCUT2D eigenvalue weighted by atomic mass is 16.6. The first kappa shape index (κ1) is 46.3. The Morgan fingerprint density at radius 3 is 2.42 bits per heavy atom. The summed E-state index contributed by atoms with van der Waals surface area (Å²) in [4.78, 5) is 55.0. The summed E-state index contributed by atoms with van der Waals surface area (Å²) in [5.74, 6) is -1.61. The monoisotopic (exact) mass is 803 g/mol. The van der Waals surface area contributed by atoms with Crippen molar-refractivity contribution < 1.29 is 58.2 Å². The van der Waals surface area contributed by atoms with Crippen LogP contribution < -0.4 is 0 Å². The van der Waals surface area contributed by atoms with Crippen LogP contribution in [0.5, 0.6) is 0 Å². The average Bonchev–Trinajstić information content (AvgIpc) is 3.86. The maximum absolute atomic E-state index is 13.6. The number of hydrogen-bond donors (Lipinski definition) is 3. The fourth-order valence-electron chi connectivity index (χ4n) is 7.45. The van der Waals surface area contributed by atoms with Crippen molar-refractivity contribution in [2.24, 2.45) is 11.8 Å². The smallest absolute Gasteiger partial charge is 0.410 e. The maximum atomic E-state index is 13.6. The molecule has 0 bridgehead atoms. The molecule has 0 aromatic carbocycles. The first-order valence-corrected chi connectivity index (χ1v) is 20.3. The summed E-state index contributed by atoms with van der Waals surface area (Å²) < 4.78 is 29.4. The zero-order chi connectivity index (χ0) is 41.9. The number of rotatable bonds is 16. The number of nitrogens with zero attached hydrogens (tertiary/aromatic N) is 3. The lowest BCUT2D eigenvalue weighted by Crippen LogP contribution is -2.52. The zero-order valence-electron chi connectivity index (χ0n) is 34.7. The van der Waals surface area contributed by atoms with Crippen LogP contribution in [0.2, 0.25) is 0 Å².